The van der Waals surface area contributed by atoms with Gasteiger partial charge in [-0.15, -0.1) is 0 Å². The number of ether oxygens (including phenoxy) is 2. The number of piperidine rings is 1. The molecule has 104 valence electrons. The van der Waals surface area contributed by atoms with Crippen LogP contribution in [0.25, 0.3) is 0 Å². The molecule has 1 saturated heterocycles. The molecule has 2 aliphatic rings. The van der Waals surface area contributed by atoms with Crippen LogP contribution in [0.15, 0.2) is 12.1 Å². The van der Waals surface area contributed by atoms with Gasteiger partial charge in [-0.2, -0.15) is 0 Å². The number of benzene rings is 1. The van der Waals surface area contributed by atoms with Gasteiger partial charge in [0.1, 0.15) is 13.2 Å². The largest absolute Gasteiger partial charge is 0.486 e. The van der Waals surface area contributed by atoms with Crippen LogP contribution >= 0.6 is 0 Å². The second kappa shape index (κ2) is 5.39. The number of nitrogens with one attached hydrogen (secondary N) is 1. The third-order valence-electron chi connectivity index (χ3n) is 4.13. The van der Waals surface area contributed by atoms with Crippen molar-refractivity contribution in [3.63, 3.8) is 0 Å². The van der Waals surface area contributed by atoms with Crippen LogP contribution in [0.1, 0.15) is 30.0 Å². The first-order valence-corrected chi connectivity index (χ1v) is 7.12. The lowest BCUT2D eigenvalue weighted by Crippen LogP contribution is -2.36. The summed E-state index contributed by atoms with van der Waals surface area (Å²) >= 11 is 0. The lowest BCUT2D eigenvalue weighted by Gasteiger charge is -2.30. The minimum atomic E-state index is 0.0728. The Bertz CT molecular complexity index is 456. The van der Waals surface area contributed by atoms with E-state index in [1.165, 1.54) is 24.0 Å². The molecule has 4 heteroatoms. The average molecular weight is 262 g/mol. The Morgan fingerprint density at radius 2 is 2.00 bits per heavy atom. The van der Waals surface area contributed by atoms with E-state index in [4.69, 9.17) is 15.2 Å². The molecular formula is C15H22N2O2. The van der Waals surface area contributed by atoms with E-state index < -0.39 is 0 Å². The van der Waals surface area contributed by atoms with Crippen LogP contribution in [0, 0.1) is 12.8 Å². The zero-order valence-corrected chi connectivity index (χ0v) is 11.4. The van der Waals surface area contributed by atoms with Crippen molar-refractivity contribution in [2.45, 2.75) is 25.8 Å². The van der Waals surface area contributed by atoms with Gasteiger partial charge in [0.05, 0.1) is 0 Å². The SMILES string of the molecule is Cc1cc2c(cc1C(N)C1CCCNC1)OCCO2. The Labute approximate surface area is 114 Å². The highest BCUT2D eigenvalue weighted by Crippen LogP contribution is 2.37. The number of aryl methyl sites for hydroxylation is 1. The van der Waals surface area contributed by atoms with Crippen molar-refractivity contribution in [1.29, 1.82) is 0 Å². The normalized spacial score (nSPS) is 24.0. The molecule has 0 aromatic heterocycles. The smallest absolute Gasteiger partial charge is 0.161 e. The summed E-state index contributed by atoms with van der Waals surface area (Å²) in [6.45, 7) is 5.47. The van der Waals surface area contributed by atoms with Gasteiger partial charge in [-0.3, -0.25) is 0 Å². The van der Waals surface area contributed by atoms with Crippen LogP contribution in [0.3, 0.4) is 0 Å². The monoisotopic (exact) mass is 262 g/mol. The maximum atomic E-state index is 6.47. The summed E-state index contributed by atoms with van der Waals surface area (Å²) in [4.78, 5) is 0. The van der Waals surface area contributed by atoms with E-state index in [1.807, 2.05) is 0 Å². The topological polar surface area (TPSA) is 56.5 Å². The number of rotatable bonds is 2. The molecule has 0 radical (unpaired) electrons. The summed E-state index contributed by atoms with van der Waals surface area (Å²) in [5.41, 5.74) is 8.86. The van der Waals surface area contributed by atoms with Gasteiger partial charge in [0.25, 0.3) is 0 Å². The third-order valence-corrected chi connectivity index (χ3v) is 4.13. The Morgan fingerprint density at radius 1 is 1.26 bits per heavy atom. The molecule has 2 heterocycles. The molecule has 4 nitrogen and oxygen atoms in total. The van der Waals surface area contributed by atoms with Crippen LogP contribution < -0.4 is 20.5 Å². The average Bonchev–Trinajstić information content (AvgIpc) is 2.47. The number of hydrogen-bond acceptors (Lipinski definition) is 4. The highest BCUT2D eigenvalue weighted by molar-refractivity contribution is 5.48. The minimum Gasteiger partial charge on any atom is -0.486 e. The molecule has 2 aliphatic heterocycles. The molecule has 1 aromatic carbocycles. The molecule has 3 N–H and O–H groups in total. The summed E-state index contributed by atoms with van der Waals surface area (Å²) in [7, 11) is 0. The molecule has 0 saturated carbocycles. The van der Waals surface area contributed by atoms with Gasteiger partial charge < -0.3 is 20.5 Å². The van der Waals surface area contributed by atoms with E-state index in [2.05, 4.69) is 24.4 Å². The first-order chi connectivity index (χ1) is 9.25. The van der Waals surface area contributed by atoms with Crippen molar-refractivity contribution in [3.8, 4) is 11.5 Å². The van der Waals surface area contributed by atoms with Gasteiger partial charge in [-0.25, -0.2) is 0 Å². The quantitative estimate of drug-likeness (QED) is 0.853. The van der Waals surface area contributed by atoms with Gasteiger partial charge >= 0.3 is 0 Å². The first-order valence-electron chi connectivity index (χ1n) is 7.12. The van der Waals surface area contributed by atoms with E-state index >= 15 is 0 Å². The molecule has 2 unspecified atom stereocenters. The molecule has 2 atom stereocenters. The Hall–Kier alpha value is -1.26. The molecule has 1 fully saturated rings. The summed E-state index contributed by atoms with van der Waals surface area (Å²) in [5, 5.41) is 3.43. The first kappa shape index (κ1) is 12.8. The molecule has 0 amide bonds. The van der Waals surface area contributed by atoms with E-state index in [0.29, 0.717) is 19.1 Å². The molecule has 0 bridgehead atoms. The Morgan fingerprint density at radius 3 is 2.68 bits per heavy atom. The van der Waals surface area contributed by atoms with Gasteiger partial charge in [0.15, 0.2) is 11.5 Å². The minimum absolute atomic E-state index is 0.0728. The fourth-order valence-corrected chi connectivity index (χ4v) is 3.00. The van der Waals surface area contributed by atoms with Crippen LogP contribution in [0.4, 0.5) is 0 Å². The van der Waals surface area contributed by atoms with E-state index in [-0.39, 0.29) is 6.04 Å². The predicted molar refractivity (Wildman–Crippen MR) is 74.7 cm³/mol. The van der Waals surface area contributed by atoms with Crippen molar-refractivity contribution in [2.24, 2.45) is 11.7 Å². The molecule has 3 rings (SSSR count). The molecule has 0 aliphatic carbocycles. The number of hydrogen-bond donors (Lipinski definition) is 2. The van der Waals surface area contributed by atoms with Crippen LogP contribution in [0.5, 0.6) is 11.5 Å². The Balaban J connectivity index is 1.86. The second-order valence-corrected chi connectivity index (χ2v) is 5.48. The van der Waals surface area contributed by atoms with Crippen molar-refractivity contribution in [2.75, 3.05) is 26.3 Å². The molecule has 0 spiro atoms. The van der Waals surface area contributed by atoms with Crippen LogP contribution in [-0.4, -0.2) is 26.3 Å². The zero-order chi connectivity index (χ0) is 13.2. The highest BCUT2D eigenvalue weighted by atomic mass is 16.6. The van der Waals surface area contributed by atoms with Crippen molar-refractivity contribution in [1.82, 2.24) is 5.32 Å². The predicted octanol–water partition coefficient (Wildman–Crippen LogP) is 1.77. The summed E-state index contributed by atoms with van der Waals surface area (Å²) in [6.07, 6.45) is 2.41. The lowest BCUT2D eigenvalue weighted by molar-refractivity contribution is 0.171. The van der Waals surface area contributed by atoms with Crippen molar-refractivity contribution >= 4 is 0 Å². The van der Waals surface area contributed by atoms with E-state index in [9.17, 15) is 0 Å². The van der Waals surface area contributed by atoms with Gasteiger partial charge in [0, 0.05) is 6.04 Å². The van der Waals surface area contributed by atoms with Crippen molar-refractivity contribution < 1.29 is 9.47 Å². The molecular weight excluding hydrogens is 240 g/mol. The lowest BCUT2D eigenvalue weighted by atomic mass is 9.86. The number of fused-ring (bicyclic) bond motifs is 1. The standard InChI is InChI=1S/C15H22N2O2/c1-10-7-13-14(19-6-5-18-13)8-12(10)15(16)11-3-2-4-17-9-11/h7-8,11,15,17H,2-6,9,16H2,1H3. The number of nitrogens with two attached hydrogens (primary N) is 1. The fraction of sp³-hybridized carbons (Fsp3) is 0.600. The maximum absolute atomic E-state index is 6.47. The second-order valence-electron chi connectivity index (χ2n) is 5.48. The van der Waals surface area contributed by atoms with Gasteiger partial charge in [0.2, 0.25) is 0 Å². The summed E-state index contributed by atoms with van der Waals surface area (Å²) in [5.74, 6) is 2.20. The van der Waals surface area contributed by atoms with Gasteiger partial charge in [-0.1, -0.05) is 0 Å². The maximum Gasteiger partial charge on any atom is 0.161 e. The van der Waals surface area contributed by atoms with E-state index in [1.54, 1.807) is 0 Å². The van der Waals surface area contributed by atoms with Crippen LogP contribution in [-0.2, 0) is 0 Å². The summed E-state index contributed by atoms with van der Waals surface area (Å²) < 4.78 is 11.3. The third kappa shape index (κ3) is 2.55. The zero-order valence-electron chi connectivity index (χ0n) is 11.4. The van der Waals surface area contributed by atoms with E-state index in [0.717, 1.165) is 24.6 Å². The highest BCUT2D eigenvalue weighted by Gasteiger charge is 2.25. The fourth-order valence-electron chi connectivity index (χ4n) is 3.00. The summed E-state index contributed by atoms with van der Waals surface area (Å²) in [6, 6.07) is 4.20. The Kier molecular flexibility index (Phi) is 3.62. The molecule has 1 aromatic rings. The van der Waals surface area contributed by atoms with Crippen molar-refractivity contribution in [3.05, 3.63) is 23.3 Å². The molecule has 19 heavy (non-hydrogen) atoms. The van der Waals surface area contributed by atoms with Gasteiger partial charge in [-0.05, 0) is 62.0 Å². The van der Waals surface area contributed by atoms with Crippen LogP contribution in [0.2, 0.25) is 0 Å².